The number of nitrogens with one attached hydrogen (secondary N) is 1. The Balaban J connectivity index is 1.60. The number of carbonyl (C=O) groups excluding carboxylic acids is 1. The van der Waals surface area contributed by atoms with E-state index in [2.05, 4.69) is 5.32 Å². The van der Waals surface area contributed by atoms with Crippen molar-refractivity contribution in [2.75, 3.05) is 38.0 Å². The van der Waals surface area contributed by atoms with Crippen LogP contribution in [0, 0.1) is 0 Å². The molecule has 1 N–H and O–H groups in total. The van der Waals surface area contributed by atoms with E-state index in [1.807, 2.05) is 0 Å². The van der Waals surface area contributed by atoms with E-state index in [4.69, 9.17) is 23.2 Å². The number of sulfonamides is 1. The van der Waals surface area contributed by atoms with Crippen molar-refractivity contribution in [3.63, 3.8) is 0 Å². The maximum absolute atomic E-state index is 12.9. The summed E-state index contributed by atoms with van der Waals surface area (Å²) in [6.07, 6.45) is -4.64. The average Bonchev–Trinajstić information content (AvgIpc) is 2.70. The van der Waals surface area contributed by atoms with E-state index >= 15 is 0 Å². The van der Waals surface area contributed by atoms with Gasteiger partial charge in [-0.25, -0.2) is 8.42 Å². The molecule has 0 unspecified atom stereocenters. The van der Waals surface area contributed by atoms with E-state index in [0.29, 0.717) is 21.8 Å². The number of piperazine rings is 1. The topological polar surface area (TPSA) is 69.7 Å². The van der Waals surface area contributed by atoms with Crippen molar-refractivity contribution in [1.29, 1.82) is 0 Å². The number of nitrogens with zero attached hydrogens (tertiary/aromatic N) is 2. The monoisotopic (exact) mass is 495 g/mol. The highest BCUT2D eigenvalue weighted by Gasteiger charge is 2.34. The highest BCUT2D eigenvalue weighted by molar-refractivity contribution is 7.89. The second-order valence-electron chi connectivity index (χ2n) is 6.88. The molecule has 1 aliphatic heterocycles. The smallest absolute Gasteiger partial charge is 0.324 e. The highest BCUT2D eigenvalue weighted by atomic mass is 35.5. The standard InChI is InChI=1S/C19H18Cl2F3N3O3S/c20-14-4-5-16(21)17(11-14)25-18(28)12-26-6-8-27(9-7-26)31(29,30)15-3-1-2-13(10-15)19(22,23)24/h1-5,10-11H,6-9,12H2,(H,25,28). The number of alkyl halides is 3. The average molecular weight is 496 g/mol. The first-order valence-corrected chi connectivity index (χ1v) is 11.3. The van der Waals surface area contributed by atoms with Crippen molar-refractivity contribution in [3.8, 4) is 0 Å². The summed E-state index contributed by atoms with van der Waals surface area (Å²) < 4.78 is 65.3. The first kappa shape index (κ1) is 23.8. The Morgan fingerprint density at radius 3 is 2.35 bits per heavy atom. The summed E-state index contributed by atoms with van der Waals surface area (Å²) in [5.41, 5.74) is -0.659. The summed E-state index contributed by atoms with van der Waals surface area (Å²) in [7, 11) is -4.08. The zero-order chi connectivity index (χ0) is 22.8. The lowest BCUT2D eigenvalue weighted by molar-refractivity contribution is -0.137. The van der Waals surface area contributed by atoms with Crippen molar-refractivity contribution in [3.05, 3.63) is 58.1 Å². The molecule has 6 nitrogen and oxygen atoms in total. The van der Waals surface area contributed by atoms with Crippen molar-refractivity contribution in [1.82, 2.24) is 9.21 Å². The van der Waals surface area contributed by atoms with Gasteiger partial charge in [-0.05, 0) is 36.4 Å². The fourth-order valence-corrected chi connectivity index (χ4v) is 4.90. The van der Waals surface area contributed by atoms with Gasteiger partial charge in [0.2, 0.25) is 15.9 Å². The second kappa shape index (κ2) is 9.33. The third-order valence-electron chi connectivity index (χ3n) is 4.70. The molecule has 0 aliphatic carbocycles. The van der Waals surface area contributed by atoms with Crippen molar-refractivity contribution < 1.29 is 26.4 Å². The number of benzene rings is 2. The summed E-state index contributed by atoms with van der Waals surface area (Å²) in [6.45, 7) is 0.581. The molecule has 0 aromatic heterocycles. The molecular weight excluding hydrogens is 478 g/mol. The number of amides is 1. The molecule has 1 saturated heterocycles. The molecule has 168 valence electrons. The van der Waals surface area contributed by atoms with Gasteiger partial charge in [-0.2, -0.15) is 17.5 Å². The molecule has 3 rings (SSSR count). The zero-order valence-corrected chi connectivity index (χ0v) is 18.3. The van der Waals surface area contributed by atoms with Gasteiger partial charge in [-0.1, -0.05) is 29.3 Å². The van der Waals surface area contributed by atoms with Crippen molar-refractivity contribution in [2.24, 2.45) is 0 Å². The number of anilines is 1. The Morgan fingerprint density at radius 2 is 1.71 bits per heavy atom. The fourth-order valence-electron chi connectivity index (χ4n) is 3.10. The van der Waals surface area contributed by atoms with E-state index in [1.165, 1.54) is 6.07 Å². The molecule has 2 aromatic rings. The van der Waals surface area contributed by atoms with Crippen LogP contribution in [-0.2, 0) is 21.0 Å². The molecule has 31 heavy (non-hydrogen) atoms. The fraction of sp³-hybridized carbons (Fsp3) is 0.316. The predicted molar refractivity (Wildman–Crippen MR) is 112 cm³/mol. The van der Waals surface area contributed by atoms with E-state index in [-0.39, 0.29) is 38.6 Å². The van der Waals surface area contributed by atoms with Crippen molar-refractivity contribution >= 4 is 44.8 Å². The summed E-state index contributed by atoms with van der Waals surface area (Å²) in [5.74, 6) is -0.349. The van der Waals surface area contributed by atoms with Gasteiger partial charge in [-0.3, -0.25) is 9.69 Å². The van der Waals surface area contributed by atoms with Crippen LogP contribution in [0.25, 0.3) is 0 Å². The molecular formula is C19H18Cl2F3N3O3S. The SMILES string of the molecule is O=C(CN1CCN(S(=O)(=O)c2cccc(C(F)(F)F)c2)CC1)Nc1cc(Cl)ccc1Cl. The van der Waals surface area contributed by atoms with Gasteiger partial charge in [0.05, 0.1) is 27.7 Å². The Hall–Kier alpha value is -1.85. The molecule has 0 bridgehead atoms. The van der Waals surface area contributed by atoms with Gasteiger partial charge in [0.1, 0.15) is 0 Å². The minimum Gasteiger partial charge on any atom is -0.324 e. The van der Waals surface area contributed by atoms with Crippen LogP contribution in [0.2, 0.25) is 10.0 Å². The summed E-state index contributed by atoms with van der Waals surface area (Å²) >= 11 is 11.9. The number of hydrogen-bond acceptors (Lipinski definition) is 4. The lowest BCUT2D eigenvalue weighted by atomic mass is 10.2. The maximum Gasteiger partial charge on any atom is 0.416 e. The van der Waals surface area contributed by atoms with E-state index in [0.717, 1.165) is 22.5 Å². The molecule has 0 spiro atoms. The molecule has 12 heteroatoms. The first-order valence-electron chi connectivity index (χ1n) is 9.11. The molecule has 1 aliphatic rings. The lowest BCUT2D eigenvalue weighted by Crippen LogP contribution is -2.50. The van der Waals surface area contributed by atoms with Crippen LogP contribution >= 0.6 is 23.2 Å². The minimum atomic E-state index is -4.64. The van der Waals surface area contributed by atoms with Gasteiger partial charge >= 0.3 is 6.18 Å². The van der Waals surface area contributed by atoms with Crippen LogP contribution in [0.5, 0.6) is 0 Å². The van der Waals surface area contributed by atoms with Gasteiger partial charge in [-0.15, -0.1) is 0 Å². The molecule has 0 atom stereocenters. The molecule has 1 heterocycles. The highest BCUT2D eigenvalue weighted by Crippen LogP contribution is 2.31. The molecule has 1 fully saturated rings. The number of rotatable bonds is 5. The van der Waals surface area contributed by atoms with Crippen LogP contribution in [0.4, 0.5) is 18.9 Å². The van der Waals surface area contributed by atoms with E-state index in [1.54, 1.807) is 17.0 Å². The molecule has 2 aromatic carbocycles. The number of carbonyl (C=O) groups is 1. The molecule has 0 radical (unpaired) electrons. The summed E-state index contributed by atoms with van der Waals surface area (Å²) in [6, 6.07) is 8.31. The Kier molecular flexibility index (Phi) is 7.17. The van der Waals surface area contributed by atoms with E-state index in [9.17, 15) is 26.4 Å². The maximum atomic E-state index is 12.9. The lowest BCUT2D eigenvalue weighted by Gasteiger charge is -2.33. The van der Waals surface area contributed by atoms with Crippen molar-refractivity contribution in [2.45, 2.75) is 11.1 Å². The van der Waals surface area contributed by atoms with Gasteiger partial charge < -0.3 is 5.32 Å². The Morgan fingerprint density at radius 1 is 1.03 bits per heavy atom. The number of hydrogen-bond donors (Lipinski definition) is 1. The largest absolute Gasteiger partial charge is 0.416 e. The van der Waals surface area contributed by atoms with Gasteiger partial charge in [0.25, 0.3) is 0 Å². The molecule has 0 saturated carbocycles. The third kappa shape index (κ3) is 5.89. The quantitative estimate of drug-likeness (QED) is 0.681. The van der Waals surface area contributed by atoms with Gasteiger partial charge in [0.15, 0.2) is 0 Å². The second-order valence-corrected chi connectivity index (χ2v) is 9.66. The predicted octanol–water partition coefficient (Wildman–Crippen LogP) is 3.96. The summed E-state index contributed by atoms with van der Waals surface area (Å²) in [4.78, 5) is 13.6. The number of halogens is 5. The molecule has 1 amide bonds. The van der Waals surface area contributed by atoms with Gasteiger partial charge in [0, 0.05) is 31.2 Å². The van der Waals surface area contributed by atoms with E-state index < -0.39 is 26.7 Å². The normalized spacial score (nSPS) is 16.3. The van der Waals surface area contributed by atoms with Crippen LogP contribution in [-0.4, -0.2) is 56.3 Å². The third-order valence-corrected chi connectivity index (χ3v) is 7.16. The van der Waals surface area contributed by atoms with Crippen LogP contribution in [0.3, 0.4) is 0 Å². The first-order chi connectivity index (χ1) is 14.5. The Labute approximate surface area is 187 Å². The zero-order valence-electron chi connectivity index (χ0n) is 16.0. The van der Waals surface area contributed by atoms with Crippen LogP contribution in [0.1, 0.15) is 5.56 Å². The summed E-state index contributed by atoms with van der Waals surface area (Å²) in [5, 5.41) is 3.39. The van der Waals surface area contributed by atoms with Crippen LogP contribution < -0.4 is 5.32 Å². The minimum absolute atomic E-state index is 0.000286. The Bertz CT molecular complexity index is 1070. The van der Waals surface area contributed by atoms with Crippen LogP contribution in [0.15, 0.2) is 47.4 Å².